The first-order valence-corrected chi connectivity index (χ1v) is 7.22. The first kappa shape index (κ1) is 15.1. The van der Waals surface area contributed by atoms with Crippen LogP contribution in [0.3, 0.4) is 0 Å². The van der Waals surface area contributed by atoms with Crippen molar-refractivity contribution in [2.24, 2.45) is 5.92 Å². The summed E-state index contributed by atoms with van der Waals surface area (Å²) in [6, 6.07) is -0.511. The number of ether oxygens (including phenoxy) is 2. The fraction of sp³-hybridized carbons (Fsp3) is 0.857. The maximum absolute atomic E-state index is 12.4. The molecule has 20 heavy (non-hydrogen) atoms. The summed E-state index contributed by atoms with van der Waals surface area (Å²) in [5.41, 5.74) is -0.569. The Kier molecular flexibility index (Phi) is 4.22. The topological polar surface area (TPSA) is 67.9 Å². The van der Waals surface area contributed by atoms with Gasteiger partial charge in [-0.25, -0.2) is 9.59 Å². The molecular weight excluding hydrogens is 260 g/mol. The minimum Gasteiger partial charge on any atom is -0.464 e. The smallest absolute Gasteiger partial charge is 0.411 e. The van der Waals surface area contributed by atoms with Crippen LogP contribution in [0, 0.1) is 5.92 Å². The summed E-state index contributed by atoms with van der Waals surface area (Å²) in [7, 11) is 0. The van der Waals surface area contributed by atoms with E-state index in [4.69, 9.17) is 9.47 Å². The van der Waals surface area contributed by atoms with Crippen molar-refractivity contribution in [3.63, 3.8) is 0 Å². The zero-order chi connectivity index (χ0) is 14.9. The zero-order valence-corrected chi connectivity index (χ0v) is 12.6. The lowest BCUT2D eigenvalue weighted by Crippen LogP contribution is -2.49. The summed E-state index contributed by atoms with van der Waals surface area (Å²) in [6.07, 6.45) is 0.405. The Morgan fingerprint density at radius 2 is 2.00 bits per heavy atom. The Morgan fingerprint density at radius 3 is 2.60 bits per heavy atom. The molecule has 2 rings (SSSR count). The van der Waals surface area contributed by atoms with Crippen LogP contribution in [0.1, 0.15) is 34.1 Å². The second-order valence-electron chi connectivity index (χ2n) is 6.39. The number of likely N-dealkylation sites (tertiary alicyclic amines) is 1. The molecule has 0 spiro atoms. The van der Waals surface area contributed by atoms with Crippen LogP contribution in [0.25, 0.3) is 0 Å². The molecule has 1 N–H and O–H groups in total. The number of hydrogen-bond acceptors (Lipinski definition) is 5. The molecule has 6 nitrogen and oxygen atoms in total. The molecule has 2 aliphatic rings. The summed E-state index contributed by atoms with van der Waals surface area (Å²) in [5, 5.41) is 3.26. The van der Waals surface area contributed by atoms with Crippen molar-refractivity contribution in [1.82, 2.24) is 10.2 Å². The highest BCUT2D eigenvalue weighted by molar-refractivity contribution is 5.83. The molecule has 0 radical (unpaired) electrons. The molecule has 0 aromatic rings. The summed E-state index contributed by atoms with van der Waals surface area (Å²) in [6.45, 7) is 9.00. The quantitative estimate of drug-likeness (QED) is 0.770. The highest BCUT2D eigenvalue weighted by atomic mass is 16.6. The van der Waals surface area contributed by atoms with E-state index in [1.807, 2.05) is 20.8 Å². The number of nitrogens with one attached hydrogen (secondary N) is 1. The van der Waals surface area contributed by atoms with Crippen LogP contribution in [0.2, 0.25) is 0 Å². The number of piperidine rings is 1. The summed E-state index contributed by atoms with van der Waals surface area (Å²) < 4.78 is 10.6. The monoisotopic (exact) mass is 284 g/mol. The van der Waals surface area contributed by atoms with Gasteiger partial charge in [-0.15, -0.1) is 0 Å². The number of carbonyl (C=O) groups excluding carboxylic acids is 2. The number of nitrogens with zero attached hydrogens (tertiary/aromatic N) is 1. The van der Waals surface area contributed by atoms with Crippen LogP contribution in [0.5, 0.6) is 0 Å². The third-order valence-corrected chi connectivity index (χ3v) is 3.63. The second kappa shape index (κ2) is 5.60. The zero-order valence-electron chi connectivity index (χ0n) is 12.6. The van der Waals surface area contributed by atoms with E-state index >= 15 is 0 Å². The largest absolute Gasteiger partial charge is 0.464 e. The van der Waals surface area contributed by atoms with Gasteiger partial charge in [-0.3, -0.25) is 4.90 Å². The average Bonchev–Trinajstić information content (AvgIpc) is 2.58. The Morgan fingerprint density at radius 1 is 1.30 bits per heavy atom. The lowest BCUT2D eigenvalue weighted by atomic mass is 9.96. The molecule has 2 saturated heterocycles. The molecule has 0 aliphatic carbocycles. The van der Waals surface area contributed by atoms with E-state index in [1.54, 1.807) is 11.8 Å². The van der Waals surface area contributed by atoms with Crippen molar-refractivity contribution in [2.75, 3.05) is 19.7 Å². The maximum atomic E-state index is 12.4. The molecule has 2 bridgehead atoms. The highest BCUT2D eigenvalue weighted by Crippen LogP contribution is 2.34. The van der Waals surface area contributed by atoms with Gasteiger partial charge in [0.1, 0.15) is 11.6 Å². The minimum absolute atomic E-state index is 0.0120. The van der Waals surface area contributed by atoms with Crippen LogP contribution in [0.15, 0.2) is 0 Å². The average molecular weight is 284 g/mol. The molecule has 1 amide bonds. The Bertz CT molecular complexity index is 391. The normalized spacial score (nSPS) is 29.2. The summed E-state index contributed by atoms with van der Waals surface area (Å²) >= 11 is 0. The van der Waals surface area contributed by atoms with Crippen molar-refractivity contribution >= 4 is 12.1 Å². The van der Waals surface area contributed by atoms with Crippen molar-refractivity contribution in [3.05, 3.63) is 0 Å². The molecule has 0 aromatic heterocycles. The first-order valence-electron chi connectivity index (χ1n) is 7.22. The molecular formula is C14H24N2O4. The van der Waals surface area contributed by atoms with Crippen LogP contribution < -0.4 is 5.32 Å². The van der Waals surface area contributed by atoms with E-state index < -0.39 is 17.7 Å². The van der Waals surface area contributed by atoms with E-state index in [9.17, 15) is 9.59 Å². The van der Waals surface area contributed by atoms with E-state index in [2.05, 4.69) is 5.32 Å². The number of fused-ring (bicyclic) bond motifs is 2. The van der Waals surface area contributed by atoms with Gasteiger partial charge in [0.15, 0.2) is 0 Å². The number of hydrogen-bond donors (Lipinski definition) is 1. The van der Waals surface area contributed by atoms with Gasteiger partial charge in [0.25, 0.3) is 0 Å². The predicted molar refractivity (Wildman–Crippen MR) is 73.3 cm³/mol. The predicted octanol–water partition coefficient (Wildman–Crippen LogP) is 1.15. The third-order valence-electron chi connectivity index (χ3n) is 3.63. The van der Waals surface area contributed by atoms with Crippen LogP contribution >= 0.6 is 0 Å². The van der Waals surface area contributed by atoms with E-state index in [0.29, 0.717) is 13.2 Å². The molecule has 114 valence electrons. The molecule has 2 fully saturated rings. The second-order valence-corrected chi connectivity index (χ2v) is 6.39. The Hall–Kier alpha value is -1.30. The number of esters is 1. The fourth-order valence-corrected chi connectivity index (χ4v) is 2.97. The molecule has 2 heterocycles. The number of amides is 1. The highest BCUT2D eigenvalue weighted by Gasteiger charge is 2.51. The Labute approximate surface area is 119 Å². The lowest BCUT2D eigenvalue weighted by Gasteiger charge is -2.31. The van der Waals surface area contributed by atoms with Gasteiger partial charge in [-0.2, -0.15) is 0 Å². The summed E-state index contributed by atoms with van der Waals surface area (Å²) in [5.74, 6) is -0.213. The molecule has 3 atom stereocenters. The molecule has 2 aliphatic heterocycles. The van der Waals surface area contributed by atoms with Gasteiger partial charge in [-0.1, -0.05) is 0 Å². The standard InChI is InChI=1S/C14H24N2O4/c1-5-19-12(17)11-9-6-10(8-15-7-9)16(11)13(18)20-14(2,3)4/h9-11,15H,5-8H2,1-4H3/t9-,10-,11+/m1/s1. The minimum atomic E-state index is -0.569. The van der Waals surface area contributed by atoms with Crippen LogP contribution in [-0.2, 0) is 14.3 Å². The van der Waals surface area contributed by atoms with Gasteiger partial charge in [0, 0.05) is 25.0 Å². The third kappa shape index (κ3) is 3.06. The maximum Gasteiger partial charge on any atom is 0.411 e. The fourth-order valence-electron chi connectivity index (χ4n) is 2.97. The van der Waals surface area contributed by atoms with Gasteiger partial charge in [-0.05, 0) is 34.1 Å². The molecule has 6 heteroatoms. The van der Waals surface area contributed by atoms with E-state index in [-0.39, 0.29) is 17.9 Å². The summed E-state index contributed by atoms with van der Waals surface area (Å²) in [4.78, 5) is 26.1. The van der Waals surface area contributed by atoms with Crippen molar-refractivity contribution in [1.29, 1.82) is 0 Å². The van der Waals surface area contributed by atoms with Gasteiger partial charge in [0.05, 0.1) is 6.61 Å². The Balaban J connectivity index is 2.18. The van der Waals surface area contributed by atoms with Crippen LogP contribution in [0.4, 0.5) is 4.79 Å². The molecule has 0 saturated carbocycles. The van der Waals surface area contributed by atoms with E-state index in [0.717, 1.165) is 13.0 Å². The van der Waals surface area contributed by atoms with Crippen molar-refractivity contribution < 1.29 is 19.1 Å². The van der Waals surface area contributed by atoms with E-state index in [1.165, 1.54) is 0 Å². The number of rotatable bonds is 2. The van der Waals surface area contributed by atoms with Gasteiger partial charge in [0.2, 0.25) is 0 Å². The lowest BCUT2D eigenvalue weighted by molar-refractivity contribution is -0.149. The van der Waals surface area contributed by atoms with Gasteiger partial charge < -0.3 is 14.8 Å². The first-order chi connectivity index (χ1) is 9.33. The van der Waals surface area contributed by atoms with Gasteiger partial charge >= 0.3 is 12.1 Å². The van der Waals surface area contributed by atoms with Crippen molar-refractivity contribution in [3.8, 4) is 0 Å². The molecule has 0 aromatic carbocycles. The van der Waals surface area contributed by atoms with Crippen molar-refractivity contribution in [2.45, 2.75) is 51.8 Å². The molecule has 0 unspecified atom stereocenters. The SMILES string of the molecule is CCOC(=O)[C@@H]1[C@H]2CNC[C@@H](C2)N1C(=O)OC(C)(C)C. The van der Waals surface area contributed by atoms with Crippen LogP contribution in [-0.4, -0.2) is 54.3 Å². The number of carbonyl (C=O) groups is 2.